The highest BCUT2D eigenvalue weighted by atomic mass is 16.5. The molecule has 0 aliphatic carbocycles. The lowest BCUT2D eigenvalue weighted by molar-refractivity contribution is 0.0117. The van der Waals surface area contributed by atoms with Gasteiger partial charge in [-0.1, -0.05) is 18.2 Å². The van der Waals surface area contributed by atoms with Crippen molar-refractivity contribution < 1.29 is 9.53 Å². The van der Waals surface area contributed by atoms with Gasteiger partial charge in [0.1, 0.15) is 0 Å². The molecule has 2 aliphatic rings. The molecule has 0 saturated carbocycles. The summed E-state index contributed by atoms with van der Waals surface area (Å²) in [5.74, 6) is 0.894. The van der Waals surface area contributed by atoms with E-state index in [1.54, 1.807) is 0 Å². The Kier molecular flexibility index (Phi) is 5.04. The van der Waals surface area contributed by atoms with Crippen LogP contribution in [0.4, 0.5) is 4.79 Å². The molecule has 0 spiro atoms. The van der Waals surface area contributed by atoms with Crippen molar-refractivity contribution in [2.45, 2.75) is 44.6 Å². The van der Waals surface area contributed by atoms with Crippen LogP contribution in [0.2, 0.25) is 0 Å². The molecular weight excluding hydrogens is 338 g/mol. The van der Waals surface area contributed by atoms with Gasteiger partial charge in [-0.25, -0.2) is 4.79 Å². The minimum absolute atomic E-state index is 0.0678. The van der Waals surface area contributed by atoms with Crippen molar-refractivity contribution in [1.82, 2.24) is 15.2 Å². The molecule has 2 fully saturated rings. The van der Waals surface area contributed by atoms with Crippen LogP contribution in [0.5, 0.6) is 0 Å². The quantitative estimate of drug-likeness (QED) is 0.894. The monoisotopic (exact) mass is 367 g/mol. The standard InChI is InChI=1S/C22H29N3O2/c1-22(2)18(9-13-27-22)15-24-21(26)25-11-7-16(8-12-25)19-5-3-4-17-14-23-10-6-20(17)19/h3-6,10,14,16,18H,7-9,11-13,15H2,1-2H3,(H,24,26). The minimum atomic E-state index is -0.135. The molecule has 4 rings (SSSR count). The number of pyridine rings is 1. The maximum absolute atomic E-state index is 12.6. The highest BCUT2D eigenvalue weighted by Crippen LogP contribution is 2.33. The van der Waals surface area contributed by atoms with E-state index in [-0.39, 0.29) is 11.6 Å². The minimum Gasteiger partial charge on any atom is -0.375 e. The van der Waals surface area contributed by atoms with Crippen molar-refractivity contribution >= 4 is 16.8 Å². The number of urea groups is 1. The van der Waals surface area contributed by atoms with Gasteiger partial charge in [-0.3, -0.25) is 4.98 Å². The lowest BCUT2D eigenvalue weighted by Gasteiger charge is -2.33. The molecule has 1 aromatic heterocycles. The fourth-order valence-corrected chi connectivity index (χ4v) is 4.50. The first-order valence-electron chi connectivity index (χ1n) is 10.0. The number of fused-ring (bicyclic) bond motifs is 1. The van der Waals surface area contributed by atoms with Crippen LogP contribution in [-0.4, -0.2) is 47.8 Å². The molecule has 0 radical (unpaired) electrons. The maximum Gasteiger partial charge on any atom is 0.317 e. The Morgan fingerprint density at radius 2 is 2.07 bits per heavy atom. The predicted octanol–water partition coefficient (Wildman–Crippen LogP) is 3.94. The summed E-state index contributed by atoms with van der Waals surface area (Å²) in [5, 5.41) is 5.61. The SMILES string of the molecule is CC1(C)OCCC1CNC(=O)N1CCC(c2cccc3cnccc23)CC1. The van der Waals surface area contributed by atoms with E-state index < -0.39 is 0 Å². The molecule has 2 aliphatic heterocycles. The molecular formula is C22H29N3O2. The van der Waals surface area contributed by atoms with Crippen LogP contribution >= 0.6 is 0 Å². The number of hydrogen-bond acceptors (Lipinski definition) is 3. The van der Waals surface area contributed by atoms with Gasteiger partial charge in [-0.2, -0.15) is 0 Å². The van der Waals surface area contributed by atoms with E-state index in [2.05, 4.69) is 48.4 Å². The van der Waals surface area contributed by atoms with Crippen molar-refractivity contribution in [2.24, 2.45) is 5.92 Å². The van der Waals surface area contributed by atoms with Crippen LogP contribution in [0, 0.1) is 5.92 Å². The topological polar surface area (TPSA) is 54.5 Å². The summed E-state index contributed by atoms with van der Waals surface area (Å²) >= 11 is 0. The number of hydrogen-bond donors (Lipinski definition) is 1. The van der Waals surface area contributed by atoms with Gasteiger partial charge in [0.15, 0.2) is 0 Å². The van der Waals surface area contributed by atoms with Crippen molar-refractivity contribution in [2.75, 3.05) is 26.2 Å². The van der Waals surface area contributed by atoms with E-state index in [0.29, 0.717) is 18.4 Å². The van der Waals surface area contributed by atoms with Gasteiger partial charge in [-0.15, -0.1) is 0 Å². The third kappa shape index (κ3) is 3.79. The Morgan fingerprint density at radius 3 is 2.81 bits per heavy atom. The molecule has 2 aromatic rings. The number of piperidine rings is 1. The summed E-state index contributed by atoms with van der Waals surface area (Å²) < 4.78 is 5.76. The zero-order valence-corrected chi connectivity index (χ0v) is 16.3. The van der Waals surface area contributed by atoms with Gasteiger partial charge in [0.2, 0.25) is 0 Å². The first-order chi connectivity index (χ1) is 13.0. The fraction of sp³-hybridized carbons (Fsp3) is 0.545. The average Bonchev–Trinajstić information content (AvgIpc) is 3.04. The first-order valence-corrected chi connectivity index (χ1v) is 10.0. The summed E-state index contributed by atoms with van der Waals surface area (Å²) in [6.07, 6.45) is 6.82. The predicted molar refractivity (Wildman–Crippen MR) is 107 cm³/mol. The third-order valence-electron chi connectivity index (χ3n) is 6.36. The molecule has 0 bridgehead atoms. The number of aromatic nitrogens is 1. The molecule has 1 unspecified atom stereocenters. The lowest BCUT2D eigenvalue weighted by Crippen LogP contribution is -2.47. The van der Waals surface area contributed by atoms with E-state index in [0.717, 1.165) is 39.0 Å². The van der Waals surface area contributed by atoms with Crippen molar-refractivity contribution in [1.29, 1.82) is 0 Å². The zero-order valence-electron chi connectivity index (χ0n) is 16.3. The Balaban J connectivity index is 1.34. The number of carbonyl (C=O) groups is 1. The highest BCUT2D eigenvalue weighted by molar-refractivity contribution is 5.85. The van der Waals surface area contributed by atoms with E-state index in [1.165, 1.54) is 16.3 Å². The molecule has 1 atom stereocenters. The number of rotatable bonds is 3. The largest absolute Gasteiger partial charge is 0.375 e. The van der Waals surface area contributed by atoms with Crippen LogP contribution < -0.4 is 5.32 Å². The summed E-state index contributed by atoms with van der Waals surface area (Å²) in [4.78, 5) is 18.8. The van der Waals surface area contributed by atoms with E-state index in [9.17, 15) is 4.79 Å². The number of benzene rings is 1. The molecule has 5 heteroatoms. The molecule has 1 aromatic carbocycles. The number of carbonyl (C=O) groups excluding carboxylic acids is 1. The normalized spacial score (nSPS) is 22.9. The summed E-state index contributed by atoms with van der Waals surface area (Å²) in [5.41, 5.74) is 1.25. The number of nitrogens with one attached hydrogen (secondary N) is 1. The van der Waals surface area contributed by atoms with Crippen LogP contribution in [0.3, 0.4) is 0 Å². The fourth-order valence-electron chi connectivity index (χ4n) is 4.50. The second-order valence-corrected chi connectivity index (χ2v) is 8.33. The Morgan fingerprint density at radius 1 is 1.26 bits per heavy atom. The second-order valence-electron chi connectivity index (χ2n) is 8.33. The number of amides is 2. The average molecular weight is 367 g/mol. The van der Waals surface area contributed by atoms with Crippen LogP contribution in [0.1, 0.15) is 44.6 Å². The maximum atomic E-state index is 12.6. The molecule has 144 valence electrons. The number of nitrogens with zero attached hydrogens (tertiary/aromatic N) is 2. The number of likely N-dealkylation sites (tertiary alicyclic amines) is 1. The first kappa shape index (κ1) is 18.2. The third-order valence-corrected chi connectivity index (χ3v) is 6.36. The van der Waals surface area contributed by atoms with Crippen LogP contribution in [0.15, 0.2) is 36.7 Å². The summed E-state index contributed by atoms with van der Waals surface area (Å²) in [6, 6.07) is 8.63. The van der Waals surface area contributed by atoms with E-state index >= 15 is 0 Å². The van der Waals surface area contributed by atoms with Gasteiger partial charge in [0.05, 0.1) is 5.60 Å². The summed E-state index contributed by atoms with van der Waals surface area (Å²) in [7, 11) is 0. The number of ether oxygens (including phenoxy) is 1. The van der Waals surface area contributed by atoms with Gasteiger partial charge in [-0.05, 0) is 56.0 Å². The summed E-state index contributed by atoms with van der Waals surface area (Å²) in [6.45, 7) is 7.33. The molecule has 1 N–H and O–H groups in total. The van der Waals surface area contributed by atoms with Gasteiger partial charge >= 0.3 is 6.03 Å². The van der Waals surface area contributed by atoms with Gasteiger partial charge in [0.25, 0.3) is 0 Å². The van der Waals surface area contributed by atoms with Gasteiger partial charge < -0.3 is 15.0 Å². The lowest BCUT2D eigenvalue weighted by atomic mass is 9.87. The van der Waals surface area contributed by atoms with Crippen LogP contribution in [-0.2, 0) is 4.74 Å². The Bertz CT molecular complexity index is 807. The highest BCUT2D eigenvalue weighted by Gasteiger charge is 2.36. The Hall–Kier alpha value is -2.14. The van der Waals surface area contributed by atoms with E-state index in [1.807, 2.05) is 17.3 Å². The van der Waals surface area contributed by atoms with Crippen molar-refractivity contribution in [3.63, 3.8) is 0 Å². The second kappa shape index (κ2) is 7.47. The molecule has 2 saturated heterocycles. The van der Waals surface area contributed by atoms with Gasteiger partial charge in [0, 0.05) is 49.9 Å². The van der Waals surface area contributed by atoms with E-state index in [4.69, 9.17) is 4.74 Å². The van der Waals surface area contributed by atoms with Crippen molar-refractivity contribution in [3.05, 3.63) is 42.2 Å². The zero-order chi connectivity index (χ0) is 18.9. The molecule has 27 heavy (non-hydrogen) atoms. The molecule has 3 heterocycles. The smallest absolute Gasteiger partial charge is 0.317 e. The van der Waals surface area contributed by atoms with Crippen molar-refractivity contribution in [3.8, 4) is 0 Å². The van der Waals surface area contributed by atoms with Crippen LogP contribution in [0.25, 0.3) is 10.8 Å². The molecule has 5 nitrogen and oxygen atoms in total. The Labute approximate surface area is 161 Å². The molecule has 2 amide bonds.